The first kappa shape index (κ1) is 26.5. The van der Waals surface area contributed by atoms with E-state index in [1.807, 2.05) is 0 Å². The number of nitrogens with one attached hydrogen (secondary N) is 3. The minimum Gasteiger partial charge on any atom is -0.404 e. The smallest absolute Gasteiger partial charge is 0.404 e. The third-order valence-electron chi connectivity index (χ3n) is 5.41. The fraction of sp³-hybridized carbons (Fsp3) is 0.240. The summed E-state index contributed by atoms with van der Waals surface area (Å²) >= 11 is 0. The first-order chi connectivity index (χ1) is 16.9. The molecule has 0 heterocycles. The quantitative estimate of drug-likeness (QED) is 0.232. The minimum atomic E-state index is -4.57. The third-order valence-corrected chi connectivity index (χ3v) is 5.41. The Labute approximate surface area is 205 Å². The lowest BCUT2D eigenvalue weighted by Crippen LogP contribution is -2.49. The van der Waals surface area contributed by atoms with Gasteiger partial charge in [-0.3, -0.25) is 14.6 Å². The normalized spacial score (nSPS) is 14.9. The monoisotopic (exact) mass is 503 g/mol. The van der Waals surface area contributed by atoms with Gasteiger partial charge in [-0.15, -0.1) is 0 Å². The van der Waals surface area contributed by atoms with E-state index in [9.17, 15) is 27.2 Å². The van der Waals surface area contributed by atoms with Crippen molar-refractivity contribution in [3.8, 4) is 0 Å². The molecule has 0 saturated heterocycles. The third kappa shape index (κ3) is 6.49. The number of nitrogens with two attached hydrogens (primary N) is 1. The Bertz CT molecular complexity index is 1230. The Kier molecular flexibility index (Phi) is 7.81. The van der Waals surface area contributed by atoms with Gasteiger partial charge in [0.1, 0.15) is 11.4 Å². The van der Waals surface area contributed by atoms with E-state index in [1.54, 1.807) is 6.92 Å². The van der Waals surface area contributed by atoms with Gasteiger partial charge >= 0.3 is 6.18 Å². The number of hydrogen-bond acceptors (Lipinski definition) is 5. The molecule has 5 N–H and O–H groups in total. The highest BCUT2D eigenvalue weighted by Crippen LogP contribution is 2.37. The standard InChI is InChI=1S/C25H25F4N5O2/c1-15(2)31-14-17(12-30)22(35)34-24(9-10-24)23(36)32-13-16-7-8-18(11-20(16)26)33-21-6-4-3-5-19(21)25(27,28)29/h3-8,11-12,14,33H,1,9-10,13,30H2,2H3,(H,32,36)(H,34,35)/b17-12+,31-14?. The van der Waals surface area contributed by atoms with E-state index < -0.39 is 34.9 Å². The largest absolute Gasteiger partial charge is 0.418 e. The van der Waals surface area contributed by atoms with Gasteiger partial charge in [-0.2, -0.15) is 13.2 Å². The fourth-order valence-corrected chi connectivity index (χ4v) is 3.29. The van der Waals surface area contributed by atoms with E-state index >= 15 is 0 Å². The molecule has 3 rings (SSSR count). The molecule has 36 heavy (non-hydrogen) atoms. The van der Waals surface area contributed by atoms with Gasteiger partial charge in [-0.25, -0.2) is 4.39 Å². The van der Waals surface area contributed by atoms with Crippen LogP contribution in [0.2, 0.25) is 0 Å². The number of anilines is 2. The molecule has 7 nitrogen and oxygen atoms in total. The number of rotatable bonds is 9. The number of aliphatic imine (C=N–C) groups is 1. The highest BCUT2D eigenvalue weighted by atomic mass is 19.4. The molecule has 2 aromatic rings. The van der Waals surface area contributed by atoms with Gasteiger partial charge in [0.05, 0.1) is 16.8 Å². The minimum absolute atomic E-state index is 0.0540. The predicted molar refractivity (Wildman–Crippen MR) is 129 cm³/mol. The topological polar surface area (TPSA) is 109 Å². The van der Waals surface area contributed by atoms with Crippen LogP contribution in [0.15, 0.2) is 71.5 Å². The van der Waals surface area contributed by atoms with E-state index in [1.165, 1.54) is 36.5 Å². The predicted octanol–water partition coefficient (Wildman–Crippen LogP) is 4.30. The second-order valence-electron chi connectivity index (χ2n) is 8.31. The maximum Gasteiger partial charge on any atom is 0.418 e. The lowest BCUT2D eigenvalue weighted by atomic mass is 10.1. The second-order valence-corrected chi connectivity index (χ2v) is 8.31. The lowest BCUT2D eigenvalue weighted by Gasteiger charge is -2.18. The maximum atomic E-state index is 14.6. The van der Waals surface area contributed by atoms with Crippen LogP contribution in [0.4, 0.5) is 28.9 Å². The molecule has 0 aliphatic heterocycles. The summed E-state index contributed by atoms with van der Waals surface area (Å²) in [6.45, 7) is 5.05. The van der Waals surface area contributed by atoms with E-state index in [-0.39, 0.29) is 29.1 Å². The molecule has 1 fully saturated rings. The van der Waals surface area contributed by atoms with E-state index in [2.05, 4.69) is 27.5 Å². The lowest BCUT2D eigenvalue weighted by molar-refractivity contribution is -0.137. The number of nitrogens with zero attached hydrogens (tertiary/aromatic N) is 1. The van der Waals surface area contributed by atoms with Gasteiger partial charge in [0.2, 0.25) is 5.91 Å². The van der Waals surface area contributed by atoms with Crippen molar-refractivity contribution in [3.63, 3.8) is 0 Å². The van der Waals surface area contributed by atoms with Crippen LogP contribution < -0.4 is 21.7 Å². The van der Waals surface area contributed by atoms with Crippen molar-refractivity contribution in [2.24, 2.45) is 10.7 Å². The summed E-state index contributed by atoms with van der Waals surface area (Å²) in [5, 5.41) is 7.80. The Hall–Kier alpha value is -4.15. The zero-order valence-corrected chi connectivity index (χ0v) is 19.4. The Morgan fingerprint density at radius 2 is 1.89 bits per heavy atom. The van der Waals surface area contributed by atoms with Crippen molar-refractivity contribution in [2.75, 3.05) is 5.32 Å². The molecule has 0 atom stereocenters. The van der Waals surface area contributed by atoms with Crippen molar-refractivity contribution in [2.45, 2.75) is 38.0 Å². The van der Waals surface area contributed by atoms with Crippen LogP contribution in [0.5, 0.6) is 0 Å². The maximum absolute atomic E-state index is 14.6. The second kappa shape index (κ2) is 10.6. The molecule has 0 unspecified atom stereocenters. The Morgan fingerprint density at radius 3 is 2.47 bits per heavy atom. The number of alkyl halides is 3. The van der Waals surface area contributed by atoms with Gasteiger partial charge in [0, 0.05) is 35.9 Å². The number of benzene rings is 2. The van der Waals surface area contributed by atoms with Crippen molar-refractivity contribution in [3.05, 3.63) is 83.5 Å². The summed E-state index contributed by atoms with van der Waals surface area (Å²) in [5.74, 6) is -1.80. The van der Waals surface area contributed by atoms with Gasteiger partial charge in [0.25, 0.3) is 5.91 Å². The Balaban J connectivity index is 1.63. The molecule has 2 amide bonds. The number of allylic oxidation sites excluding steroid dienone is 1. The first-order valence-electron chi connectivity index (χ1n) is 10.9. The molecule has 2 aromatic carbocycles. The molecule has 190 valence electrons. The average molecular weight is 504 g/mol. The van der Waals surface area contributed by atoms with Crippen LogP contribution in [0.25, 0.3) is 0 Å². The summed E-state index contributed by atoms with van der Waals surface area (Å²) in [4.78, 5) is 29.1. The Morgan fingerprint density at radius 1 is 1.19 bits per heavy atom. The zero-order chi connectivity index (χ0) is 26.5. The number of hydrogen-bond donors (Lipinski definition) is 4. The summed E-state index contributed by atoms with van der Waals surface area (Å²) < 4.78 is 54.2. The number of carbonyl (C=O) groups excluding carboxylic acids is 2. The van der Waals surface area contributed by atoms with Crippen LogP contribution in [0.3, 0.4) is 0 Å². The summed E-state index contributed by atoms with van der Waals surface area (Å²) in [5.41, 5.74) is 4.00. The van der Waals surface area contributed by atoms with Gasteiger partial charge < -0.3 is 21.7 Å². The molecule has 1 aliphatic carbocycles. The van der Waals surface area contributed by atoms with E-state index in [0.29, 0.717) is 18.5 Å². The highest BCUT2D eigenvalue weighted by Gasteiger charge is 2.51. The van der Waals surface area contributed by atoms with Crippen LogP contribution >= 0.6 is 0 Å². The molecule has 11 heteroatoms. The summed E-state index contributed by atoms with van der Waals surface area (Å²) in [6.07, 6.45) is -1.48. The van der Waals surface area contributed by atoms with Crippen LogP contribution in [-0.2, 0) is 22.3 Å². The van der Waals surface area contributed by atoms with Gasteiger partial charge in [-0.05, 0) is 44.0 Å². The first-order valence-corrected chi connectivity index (χ1v) is 10.9. The number of amides is 2. The van der Waals surface area contributed by atoms with E-state index in [4.69, 9.17) is 5.73 Å². The number of para-hydroxylation sites is 1. The van der Waals surface area contributed by atoms with Crippen LogP contribution in [0.1, 0.15) is 30.9 Å². The fourth-order valence-electron chi connectivity index (χ4n) is 3.29. The van der Waals surface area contributed by atoms with Crippen molar-refractivity contribution in [1.82, 2.24) is 10.6 Å². The molecule has 0 bridgehead atoms. The molecule has 0 aromatic heterocycles. The van der Waals surface area contributed by atoms with E-state index in [0.717, 1.165) is 18.3 Å². The van der Waals surface area contributed by atoms with Crippen molar-refractivity contribution >= 4 is 29.4 Å². The molecular formula is C25H25F4N5O2. The molecule has 1 saturated carbocycles. The molecule has 0 radical (unpaired) electrons. The SMILES string of the molecule is C=C(C)N=C/C(=C\N)C(=O)NC1(C(=O)NCc2ccc(Nc3ccccc3C(F)(F)F)cc2F)CC1. The average Bonchev–Trinajstić information content (AvgIpc) is 3.59. The summed E-state index contributed by atoms with van der Waals surface area (Å²) in [7, 11) is 0. The molecular weight excluding hydrogens is 478 g/mol. The van der Waals surface area contributed by atoms with Crippen molar-refractivity contribution < 1.29 is 27.2 Å². The highest BCUT2D eigenvalue weighted by molar-refractivity contribution is 6.13. The zero-order valence-electron chi connectivity index (χ0n) is 19.4. The number of carbonyl (C=O) groups is 2. The van der Waals surface area contributed by atoms with Gasteiger partial charge in [-0.1, -0.05) is 24.8 Å². The number of halogens is 4. The van der Waals surface area contributed by atoms with Gasteiger partial charge in [0.15, 0.2) is 0 Å². The molecule has 1 aliphatic rings. The van der Waals surface area contributed by atoms with Crippen LogP contribution in [-0.4, -0.2) is 23.6 Å². The van der Waals surface area contributed by atoms with Crippen LogP contribution in [0, 0.1) is 5.82 Å². The molecule has 0 spiro atoms. The summed E-state index contributed by atoms with van der Waals surface area (Å²) in [6, 6.07) is 8.68. The van der Waals surface area contributed by atoms with Crippen molar-refractivity contribution in [1.29, 1.82) is 0 Å².